The van der Waals surface area contributed by atoms with Crippen LogP contribution in [0.2, 0.25) is 0 Å². The van der Waals surface area contributed by atoms with Gasteiger partial charge in [-0.05, 0) is 46.6 Å². The van der Waals surface area contributed by atoms with E-state index < -0.39 is 5.97 Å². The van der Waals surface area contributed by atoms with Crippen molar-refractivity contribution < 1.29 is 14.3 Å². The summed E-state index contributed by atoms with van der Waals surface area (Å²) in [5.74, 6) is -1.08. The van der Waals surface area contributed by atoms with Crippen LogP contribution < -0.4 is 5.32 Å². The topological polar surface area (TPSA) is 49.3 Å². The molecule has 0 amide bonds. The molecule has 0 atom stereocenters. The number of benzene rings is 1. The van der Waals surface area contributed by atoms with Crippen LogP contribution in [0, 0.1) is 5.82 Å². The fraction of sp³-hybridized carbons (Fsp3) is 0.364. The average molecular weight is 290 g/mol. The summed E-state index contributed by atoms with van der Waals surface area (Å²) >= 11 is 3.08. The minimum Gasteiger partial charge on any atom is -0.481 e. The minimum atomic E-state index is -0.795. The van der Waals surface area contributed by atoms with E-state index in [2.05, 4.69) is 21.2 Å². The summed E-state index contributed by atoms with van der Waals surface area (Å²) in [5, 5.41) is 11.5. The van der Waals surface area contributed by atoms with Crippen LogP contribution in [-0.4, -0.2) is 17.6 Å². The molecule has 0 aromatic heterocycles. The van der Waals surface area contributed by atoms with Gasteiger partial charge < -0.3 is 10.4 Å². The lowest BCUT2D eigenvalue weighted by atomic mass is 10.2. The normalized spacial score (nSPS) is 10.4. The largest absolute Gasteiger partial charge is 0.481 e. The fourth-order valence-corrected chi connectivity index (χ4v) is 1.49. The molecular formula is C11H13BrFNO2. The van der Waals surface area contributed by atoms with Crippen LogP contribution in [0.25, 0.3) is 0 Å². The van der Waals surface area contributed by atoms with E-state index in [1.165, 1.54) is 6.07 Å². The molecule has 0 spiro atoms. The highest BCUT2D eigenvalue weighted by Crippen LogP contribution is 2.16. The molecule has 0 saturated carbocycles. The first-order chi connectivity index (χ1) is 7.59. The van der Waals surface area contributed by atoms with Gasteiger partial charge in [0.15, 0.2) is 0 Å². The van der Waals surface area contributed by atoms with E-state index in [1.54, 1.807) is 6.07 Å². The highest BCUT2D eigenvalue weighted by atomic mass is 79.9. The smallest absolute Gasteiger partial charge is 0.303 e. The molecule has 0 bridgehead atoms. The monoisotopic (exact) mass is 289 g/mol. The van der Waals surface area contributed by atoms with Gasteiger partial charge in [0.25, 0.3) is 0 Å². The molecule has 0 aliphatic rings. The van der Waals surface area contributed by atoms with Crippen LogP contribution in [0.5, 0.6) is 0 Å². The molecule has 0 unspecified atom stereocenters. The molecule has 0 aliphatic carbocycles. The summed E-state index contributed by atoms with van der Waals surface area (Å²) in [5.41, 5.74) is 0.844. The first kappa shape index (κ1) is 13.1. The molecule has 16 heavy (non-hydrogen) atoms. The van der Waals surface area contributed by atoms with E-state index in [9.17, 15) is 9.18 Å². The lowest BCUT2D eigenvalue weighted by Gasteiger charge is -2.04. The van der Waals surface area contributed by atoms with Gasteiger partial charge in [0.1, 0.15) is 5.82 Å². The average Bonchev–Trinajstić information content (AvgIpc) is 2.22. The number of carbonyl (C=O) groups is 1. The predicted octanol–water partition coefficient (Wildman–Crippen LogP) is 2.54. The van der Waals surface area contributed by atoms with Gasteiger partial charge in [0, 0.05) is 13.0 Å². The Labute approximate surface area is 102 Å². The van der Waals surface area contributed by atoms with Gasteiger partial charge in [0.2, 0.25) is 0 Å². The van der Waals surface area contributed by atoms with E-state index in [-0.39, 0.29) is 12.2 Å². The zero-order chi connectivity index (χ0) is 12.0. The number of hydrogen-bond donors (Lipinski definition) is 2. The van der Waals surface area contributed by atoms with Crippen molar-refractivity contribution in [2.24, 2.45) is 0 Å². The van der Waals surface area contributed by atoms with Gasteiger partial charge >= 0.3 is 5.97 Å². The molecular weight excluding hydrogens is 277 g/mol. The van der Waals surface area contributed by atoms with E-state index in [0.29, 0.717) is 24.0 Å². The van der Waals surface area contributed by atoms with E-state index >= 15 is 0 Å². The van der Waals surface area contributed by atoms with Crippen LogP contribution in [-0.2, 0) is 11.3 Å². The maximum Gasteiger partial charge on any atom is 0.303 e. The third-order valence-electron chi connectivity index (χ3n) is 2.06. The second kappa shape index (κ2) is 6.60. The van der Waals surface area contributed by atoms with Crippen LogP contribution in [0.4, 0.5) is 4.39 Å². The molecule has 0 heterocycles. The molecule has 0 fully saturated rings. The second-order valence-electron chi connectivity index (χ2n) is 3.42. The standard InChI is InChI=1S/C11H13BrFNO2/c12-9-4-3-8(6-10(9)13)7-14-5-1-2-11(15)16/h3-4,6,14H,1-2,5,7H2,(H,15,16). The van der Waals surface area contributed by atoms with Gasteiger partial charge in [-0.15, -0.1) is 0 Å². The van der Waals surface area contributed by atoms with Gasteiger partial charge in [-0.3, -0.25) is 4.79 Å². The quantitative estimate of drug-likeness (QED) is 0.792. The Hall–Kier alpha value is -0.940. The lowest BCUT2D eigenvalue weighted by Crippen LogP contribution is -2.15. The first-order valence-corrected chi connectivity index (χ1v) is 5.75. The molecule has 88 valence electrons. The summed E-state index contributed by atoms with van der Waals surface area (Å²) in [4.78, 5) is 10.2. The van der Waals surface area contributed by atoms with Crippen molar-refractivity contribution in [3.8, 4) is 0 Å². The Morgan fingerprint density at radius 1 is 1.50 bits per heavy atom. The van der Waals surface area contributed by atoms with Crippen LogP contribution in [0.1, 0.15) is 18.4 Å². The Morgan fingerprint density at radius 2 is 2.25 bits per heavy atom. The van der Waals surface area contributed by atoms with Crippen molar-refractivity contribution in [1.29, 1.82) is 0 Å². The summed E-state index contributed by atoms with van der Waals surface area (Å²) in [6.07, 6.45) is 0.732. The van der Waals surface area contributed by atoms with E-state index in [0.717, 1.165) is 5.56 Å². The highest BCUT2D eigenvalue weighted by molar-refractivity contribution is 9.10. The minimum absolute atomic E-state index is 0.154. The molecule has 0 radical (unpaired) electrons. The number of rotatable bonds is 6. The first-order valence-electron chi connectivity index (χ1n) is 4.96. The molecule has 3 nitrogen and oxygen atoms in total. The van der Waals surface area contributed by atoms with Gasteiger partial charge in [-0.25, -0.2) is 4.39 Å². The Kier molecular flexibility index (Phi) is 5.42. The van der Waals surface area contributed by atoms with Crippen molar-refractivity contribution in [3.05, 3.63) is 34.1 Å². The van der Waals surface area contributed by atoms with Crippen molar-refractivity contribution in [1.82, 2.24) is 5.32 Å². The van der Waals surface area contributed by atoms with Gasteiger partial charge in [-0.2, -0.15) is 0 Å². The highest BCUT2D eigenvalue weighted by Gasteiger charge is 2.00. The number of carboxylic acid groups (broad SMARTS) is 1. The zero-order valence-electron chi connectivity index (χ0n) is 8.67. The molecule has 1 aromatic carbocycles. The van der Waals surface area contributed by atoms with E-state index in [4.69, 9.17) is 5.11 Å². The van der Waals surface area contributed by atoms with Crippen LogP contribution in [0.3, 0.4) is 0 Å². The molecule has 0 saturated heterocycles. The number of hydrogen-bond acceptors (Lipinski definition) is 2. The summed E-state index contributed by atoms with van der Waals surface area (Å²) in [6, 6.07) is 4.93. The second-order valence-corrected chi connectivity index (χ2v) is 4.28. The Morgan fingerprint density at radius 3 is 2.88 bits per heavy atom. The van der Waals surface area contributed by atoms with E-state index in [1.807, 2.05) is 6.07 Å². The summed E-state index contributed by atoms with van der Waals surface area (Å²) in [7, 11) is 0. The van der Waals surface area contributed by atoms with Crippen molar-refractivity contribution in [2.45, 2.75) is 19.4 Å². The third-order valence-corrected chi connectivity index (χ3v) is 2.70. The number of aliphatic carboxylic acids is 1. The van der Waals surface area contributed by atoms with Gasteiger partial charge in [0.05, 0.1) is 4.47 Å². The zero-order valence-corrected chi connectivity index (χ0v) is 10.3. The summed E-state index contributed by atoms with van der Waals surface area (Å²) in [6.45, 7) is 1.16. The number of halogens is 2. The van der Waals surface area contributed by atoms with Crippen molar-refractivity contribution >= 4 is 21.9 Å². The molecule has 1 aromatic rings. The Balaban J connectivity index is 2.27. The molecule has 0 aliphatic heterocycles. The van der Waals surface area contributed by atoms with Gasteiger partial charge in [-0.1, -0.05) is 6.07 Å². The molecule has 5 heteroatoms. The third kappa shape index (κ3) is 4.72. The Bertz CT molecular complexity index is 371. The lowest BCUT2D eigenvalue weighted by molar-refractivity contribution is -0.137. The molecule has 1 rings (SSSR count). The number of nitrogens with one attached hydrogen (secondary N) is 1. The maximum atomic E-state index is 13.1. The van der Waals surface area contributed by atoms with Crippen LogP contribution >= 0.6 is 15.9 Å². The predicted molar refractivity (Wildman–Crippen MR) is 62.7 cm³/mol. The van der Waals surface area contributed by atoms with Crippen LogP contribution in [0.15, 0.2) is 22.7 Å². The SMILES string of the molecule is O=C(O)CCCNCc1ccc(Br)c(F)c1. The number of carboxylic acids is 1. The fourth-order valence-electron chi connectivity index (χ4n) is 1.25. The molecule has 2 N–H and O–H groups in total. The summed E-state index contributed by atoms with van der Waals surface area (Å²) < 4.78 is 13.6. The maximum absolute atomic E-state index is 13.1. The van der Waals surface area contributed by atoms with Crippen molar-refractivity contribution in [2.75, 3.05) is 6.54 Å². The van der Waals surface area contributed by atoms with Crippen molar-refractivity contribution in [3.63, 3.8) is 0 Å².